The highest BCUT2D eigenvalue weighted by Gasteiger charge is 2.15. The average molecular weight is 291 g/mol. The highest BCUT2D eigenvalue weighted by atomic mass is 79.9. The number of rotatable bonds is 0. The highest BCUT2D eigenvalue weighted by molar-refractivity contribution is 9.10. The van der Waals surface area contributed by atoms with E-state index in [1.165, 1.54) is 15.6 Å². The van der Waals surface area contributed by atoms with E-state index in [4.69, 9.17) is 0 Å². The Morgan fingerprint density at radius 1 is 1.33 bits per heavy atom. The summed E-state index contributed by atoms with van der Waals surface area (Å²) in [5.74, 6) is 0. The molecular weight excluding hydrogens is 282 g/mol. The SMILES string of the molecule is Brc1cccc2c1CN(Br)CC2. The minimum Gasteiger partial charge on any atom is -0.238 e. The monoisotopic (exact) mass is 289 g/mol. The van der Waals surface area contributed by atoms with Gasteiger partial charge in [-0.3, -0.25) is 0 Å². The van der Waals surface area contributed by atoms with Crippen molar-refractivity contribution in [3.63, 3.8) is 0 Å². The van der Waals surface area contributed by atoms with Crippen molar-refractivity contribution in [2.75, 3.05) is 6.54 Å². The van der Waals surface area contributed by atoms with E-state index in [9.17, 15) is 0 Å². The largest absolute Gasteiger partial charge is 0.238 e. The van der Waals surface area contributed by atoms with Crippen LogP contribution in [0.15, 0.2) is 22.7 Å². The van der Waals surface area contributed by atoms with Gasteiger partial charge < -0.3 is 0 Å². The number of nitrogens with zero attached hydrogens (tertiary/aromatic N) is 1. The fourth-order valence-electron chi connectivity index (χ4n) is 1.51. The van der Waals surface area contributed by atoms with E-state index in [0.29, 0.717) is 0 Å². The van der Waals surface area contributed by atoms with Gasteiger partial charge in [0.2, 0.25) is 0 Å². The molecule has 1 aromatic carbocycles. The molecular formula is C9H9Br2N. The molecule has 1 nitrogen and oxygen atoms in total. The Bertz CT molecular complexity index is 299. The number of halogens is 2. The Labute approximate surface area is 89.2 Å². The predicted molar refractivity (Wildman–Crippen MR) is 57.2 cm³/mol. The van der Waals surface area contributed by atoms with E-state index in [1.807, 2.05) is 0 Å². The van der Waals surface area contributed by atoms with Gasteiger partial charge in [0.15, 0.2) is 0 Å². The second-order valence-corrected chi connectivity index (χ2v) is 4.83. The Morgan fingerprint density at radius 3 is 3.00 bits per heavy atom. The summed E-state index contributed by atoms with van der Waals surface area (Å²) >= 11 is 7.07. The first-order valence-corrected chi connectivity index (χ1v) is 5.44. The molecule has 0 saturated heterocycles. The van der Waals surface area contributed by atoms with Gasteiger partial charge in [-0.05, 0) is 23.6 Å². The first kappa shape index (κ1) is 8.73. The van der Waals surface area contributed by atoms with Crippen LogP contribution in [0.2, 0.25) is 0 Å². The van der Waals surface area contributed by atoms with Crippen molar-refractivity contribution in [3.8, 4) is 0 Å². The minimum absolute atomic E-state index is 0.997. The Morgan fingerprint density at radius 2 is 2.17 bits per heavy atom. The molecule has 64 valence electrons. The first-order chi connectivity index (χ1) is 5.77. The maximum atomic E-state index is 3.56. The molecule has 0 radical (unpaired) electrons. The molecule has 0 saturated carbocycles. The zero-order valence-electron chi connectivity index (χ0n) is 6.56. The molecule has 1 aromatic rings. The van der Waals surface area contributed by atoms with E-state index >= 15 is 0 Å². The van der Waals surface area contributed by atoms with Crippen LogP contribution in [0.4, 0.5) is 0 Å². The third kappa shape index (κ3) is 1.58. The summed E-state index contributed by atoms with van der Waals surface area (Å²) in [6, 6.07) is 6.41. The standard InChI is InChI=1S/C9H9Br2N/c10-9-3-1-2-7-4-5-12(11)6-8(7)9/h1-3H,4-6H2. The molecule has 3 heteroatoms. The topological polar surface area (TPSA) is 3.24 Å². The van der Waals surface area contributed by atoms with E-state index in [2.05, 4.69) is 54.2 Å². The number of fused-ring (bicyclic) bond motifs is 1. The van der Waals surface area contributed by atoms with Crippen LogP contribution in [-0.4, -0.2) is 10.5 Å². The van der Waals surface area contributed by atoms with Crippen LogP contribution in [0.5, 0.6) is 0 Å². The van der Waals surface area contributed by atoms with Crippen molar-refractivity contribution < 1.29 is 0 Å². The fourth-order valence-corrected chi connectivity index (χ4v) is 2.47. The molecule has 0 fully saturated rings. The third-order valence-corrected chi connectivity index (χ3v) is 3.52. The van der Waals surface area contributed by atoms with Crippen molar-refractivity contribution in [2.45, 2.75) is 13.0 Å². The lowest BCUT2D eigenvalue weighted by Gasteiger charge is -2.23. The van der Waals surface area contributed by atoms with Gasteiger partial charge in [-0.15, -0.1) is 0 Å². The van der Waals surface area contributed by atoms with Crippen molar-refractivity contribution >= 4 is 32.1 Å². The molecule has 1 heterocycles. The Balaban J connectivity index is 2.43. The van der Waals surface area contributed by atoms with Gasteiger partial charge in [-0.2, -0.15) is 0 Å². The van der Waals surface area contributed by atoms with E-state index in [0.717, 1.165) is 19.5 Å². The molecule has 0 aliphatic carbocycles. The lowest BCUT2D eigenvalue weighted by atomic mass is 10.0. The second kappa shape index (κ2) is 3.48. The van der Waals surface area contributed by atoms with Crippen LogP contribution in [0.3, 0.4) is 0 Å². The third-order valence-electron chi connectivity index (χ3n) is 2.17. The van der Waals surface area contributed by atoms with E-state index in [1.54, 1.807) is 0 Å². The maximum Gasteiger partial charge on any atom is 0.0357 e. The molecule has 12 heavy (non-hydrogen) atoms. The molecule has 0 amide bonds. The average Bonchev–Trinajstić information content (AvgIpc) is 2.07. The van der Waals surface area contributed by atoms with Crippen molar-refractivity contribution in [3.05, 3.63) is 33.8 Å². The van der Waals surface area contributed by atoms with Crippen molar-refractivity contribution in [2.24, 2.45) is 0 Å². The molecule has 0 unspecified atom stereocenters. The normalized spacial score (nSPS) is 17.5. The van der Waals surface area contributed by atoms with Gasteiger partial charge in [-0.1, -0.05) is 28.1 Å². The molecule has 0 spiro atoms. The van der Waals surface area contributed by atoms with Crippen LogP contribution in [0.1, 0.15) is 11.1 Å². The van der Waals surface area contributed by atoms with Crippen LogP contribution in [0.25, 0.3) is 0 Å². The fraction of sp³-hybridized carbons (Fsp3) is 0.333. The zero-order valence-corrected chi connectivity index (χ0v) is 9.73. The molecule has 0 atom stereocenters. The molecule has 1 aliphatic heterocycles. The molecule has 0 bridgehead atoms. The van der Waals surface area contributed by atoms with Gasteiger partial charge >= 0.3 is 0 Å². The van der Waals surface area contributed by atoms with Gasteiger partial charge in [0.25, 0.3) is 0 Å². The summed E-state index contributed by atoms with van der Waals surface area (Å²) in [6.07, 6.45) is 1.14. The molecule has 2 rings (SSSR count). The van der Waals surface area contributed by atoms with Gasteiger partial charge in [0, 0.05) is 33.7 Å². The van der Waals surface area contributed by atoms with Crippen LogP contribution in [-0.2, 0) is 13.0 Å². The molecule has 0 N–H and O–H groups in total. The molecule has 0 aromatic heterocycles. The van der Waals surface area contributed by atoms with Crippen molar-refractivity contribution in [1.29, 1.82) is 0 Å². The Hall–Kier alpha value is 0.140. The molecule has 1 aliphatic rings. The van der Waals surface area contributed by atoms with Gasteiger partial charge in [0.1, 0.15) is 0 Å². The number of hydrogen-bond donors (Lipinski definition) is 0. The summed E-state index contributed by atoms with van der Waals surface area (Å²) in [5.41, 5.74) is 2.89. The summed E-state index contributed by atoms with van der Waals surface area (Å²) < 4.78 is 3.39. The zero-order chi connectivity index (χ0) is 8.55. The predicted octanol–water partition coefficient (Wildman–Crippen LogP) is 3.12. The van der Waals surface area contributed by atoms with Crippen LogP contribution in [0, 0.1) is 0 Å². The van der Waals surface area contributed by atoms with Crippen LogP contribution >= 0.6 is 32.1 Å². The number of benzene rings is 1. The van der Waals surface area contributed by atoms with E-state index < -0.39 is 0 Å². The van der Waals surface area contributed by atoms with Gasteiger partial charge in [0.05, 0.1) is 0 Å². The summed E-state index contributed by atoms with van der Waals surface area (Å²) in [7, 11) is 0. The summed E-state index contributed by atoms with van der Waals surface area (Å²) in [4.78, 5) is 0. The lowest BCUT2D eigenvalue weighted by molar-refractivity contribution is 0.459. The number of hydrogen-bond acceptors (Lipinski definition) is 1. The van der Waals surface area contributed by atoms with Crippen LogP contribution < -0.4 is 0 Å². The lowest BCUT2D eigenvalue weighted by Crippen LogP contribution is -2.21. The van der Waals surface area contributed by atoms with Crippen molar-refractivity contribution in [1.82, 2.24) is 3.93 Å². The highest BCUT2D eigenvalue weighted by Crippen LogP contribution is 2.27. The quantitative estimate of drug-likeness (QED) is 0.664. The second-order valence-electron chi connectivity index (χ2n) is 2.97. The first-order valence-electron chi connectivity index (χ1n) is 3.94. The van der Waals surface area contributed by atoms with E-state index in [-0.39, 0.29) is 0 Å². The smallest absolute Gasteiger partial charge is 0.0357 e. The maximum absolute atomic E-state index is 3.56. The minimum atomic E-state index is 0.997. The summed E-state index contributed by atoms with van der Waals surface area (Å²) in [6.45, 7) is 2.10. The Kier molecular flexibility index (Phi) is 2.53. The van der Waals surface area contributed by atoms with Gasteiger partial charge in [-0.25, -0.2) is 3.93 Å². The summed E-state index contributed by atoms with van der Waals surface area (Å²) in [5, 5.41) is 0.